The molecular formula is C18H17ClN4O2S. The second-order valence-corrected chi connectivity index (χ2v) is 7.69. The summed E-state index contributed by atoms with van der Waals surface area (Å²) in [6, 6.07) is 10.4. The molecule has 2 aromatic heterocycles. The van der Waals surface area contributed by atoms with E-state index >= 15 is 0 Å². The van der Waals surface area contributed by atoms with E-state index in [9.17, 15) is 9.59 Å². The van der Waals surface area contributed by atoms with Crippen LogP contribution in [0.2, 0.25) is 4.34 Å². The van der Waals surface area contributed by atoms with Gasteiger partial charge >= 0.3 is 0 Å². The van der Waals surface area contributed by atoms with E-state index in [4.69, 9.17) is 11.6 Å². The van der Waals surface area contributed by atoms with Crippen molar-refractivity contribution in [3.8, 4) is 0 Å². The van der Waals surface area contributed by atoms with E-state index in [0.29, 0.717) is 20.8 Å². The summed E-state index contributed by atoms with van der Waals surface area (Å²) < 4.78 is 1.96. The van der Waals surface area contributed by atoms with Crippen LogP contribution in [0.5, 0.6) is 0 Å². The number of nitrogens with one attached hydrogen (secondary N) is 1. The molecule has 1 aromatic carbocycles. The van der Waals surface area contributed by atoms with Gasteiger partial charge in [-0.3, -0.25) is 9.59 Å². The van der Waals surface area contributed by atoms with Gasteiger partial charge < -0.3 is 0 Å². The molecule has 0 saturated carbocycles. The van der Waals surface area contributed by atoms with Gasteiger partial charge in [-0.25, -0.2) is 10.1 Å². The Bertz CT molecular complexity index is 1070. The van der Waals surface area contributed by atoms with Crippen LogP contribution >= 0.6 is 22.9 Å². The molecule has 0 saturated heterocycles. The second-order valence-electron chi connectivity index (χ2n) is 5.98. The van der Waals surface area contributed by atoms with Crippen LogP contribution in [0.3, 0.4) is 0 Å². The van der Waals surface area contributed by atoms with Gasteiger partial charge in [0.25, 0.3) is 11.5 Å². The molecule has 6 nitrogen and oxygen atoms in total. The number of amides is 1. The molecule has 26 heavy (non-hydrogen) atoms. The van der Waals surface area contributed by atoms with E-state index in [-0.39, 0.29) is 17.3 Å². The lowest BCUT2D eigenvalue weighted by Crippen LogP contribution is -2.30. The number of aromatic nitrogens is 2. The highest BCUT2D eigenvalue weighted by atomic mass is 35.5. The van der Waals surface area contributed by atoms with Crippen LogP contribution in [0.1, 0.15) is 42.2 Å². The number of hydrogen-bond acceptors (Lipinski definition) is 5. The number of carbonyl (C=O) groups excluding carboxylic acids is 1. The first kappa shape index (κ1) is 18.3. The third-order valence-electron chi connectivity index (χ3n) is 3.79. The van der Waals surface area contributed by atoms with E-state index in [2.05, 4.69) is 15.6 Å². The van der Waals surface area contributed by atoms with Crippen LogP contribution in [0.25, 0.3) is 10.8 Å². The van der Waals surface area contributed by atoms with Crippen LogP contribution in [0.15, 0.2) is 46.3 Å². The summed E-state index contributed by atoms with van der Waals surface area (Å²) in [5.74, 6) is -0.474. The summed E-state index contributed by atoms with van der Waals surface area (Å²) in [5.41, 5.74) is 3.09. The van der Waals surface area contributed by atoms with Crippen molar-refractivity contribution in [3.63, 3.8) is 0 Å². The molecule has 0 aliphatic rings. The molecule has 0 fully saturated rings. The Kier molecular flexibility index (Phi) is 5.20. The number of halogens is 1. The van der Waals surface area contributed by atoms with Gasteiger partial charge in [-0.1, -0.05) is 29.8 Å². The Morgan fingerprint density at radius 1 is 1.23 bits per heavy atom. The molecule has 0 unspecified atom stereocenters. The fourth-order valence-electron chi connectivity index (χ4n) is 2.48. The normalized spacial score (nSPS) is 12.0. The molecule has 1 amide bonds. The zero-order valence-electron chi connectivity index (χ0n) is 14.5. The van der Waals surface area contributed by atoms with Crippen LogP contribution < -0.4 is 11.0 Å². The van der Waals surface area contributed by atoms with Crippen LogP contribution in [-0.2, 0) is 0 Å². The molecule has 8 heteroatoms. The van der Waals surface area contributed by atoms with Gasteiger partial charge in [-0.2, -0.15) is 10.2 Å². The Hall–Kier alpha value is -2.51. The molecule has 0 radical (unpaired) electrons. The summed E-state index contributed by atoms with van der Waals surface area (Å²) >= 11 is 7.30. The van der Waals surface area contributed by atoms with Crippen molar-refractivity contribution >= 4 is 45.3 Å². The highest BCUT2D eigenvalue weighted by Crippen LogP contribution is 2.22. The predicted octanol–water partition coefficient (Wildman–Crippen LogP) is 3.85. The summed E-state index contributed by atoms with van der Waals surface area (Å²) in [5, 5.41) is 9.34. The summed E-state index contributed by atoms with van der Waals surface area (Å²) in [6.45, 7) is 5.46. The average Bonchev–Trinajstić information content (AvgIpc) is 3.06. The number of hydrazone groups is 1. The maximum Gasteiger partial charge on any atom is 0.292 e. The molecule has 134 valence electrons. The Balaban J connectivity index is 2.00. The van der Waals surface area contributed by atoms with Crippen LogP contribution in [0, 0.1) is 0 Å². The monoisotopic (exact) mass is 388 g/mol. The van der Waals surface area contributed by atoms with E-state index in [0.717, 1.165) is 4.88 Å². The molecule has 3 aromatic rings. The first-order valence-electron chi connectivity index (χ1n) is 8.00. The first-order chi connectivity index (χ1) is 12.4. The number of thiophene rings is 1. The summed E-state index contributed by atoms with van der Waals surface area (Å²) in [6.07, 6.45) is 0. The number of fused-ring (bicyclic) bond motifs is 1. The molecule has 0 bridgehead atoms. The van der Waals surface area contributed by atoms with Gasteiger partial charge in [0.15, 0.2) is 5.69 Å². The van der Waals surface area contributed by atoms with Crippen molar-refractivity contribution in [2.45, 2.75) is 26.8 Å². The number of hydrogen-bond donors (Lipinski definition) is 1. The van der Waals surface area contributed by atoms with E-state index in [1.165, 1.54) is 16.0 Å². The van der Waals surface area contributed by atoms with E-state index in [1.54, 1.807) is 37.3 Å². The Morgan fingerprint density at radius 2 is 1.92 bits per heavy atom. The topological polar surface area (TPSA) is 76.3 Å². The van der Waals surface area contributed by atoms with Crippen LogP contribution in [-0.4, -0.2) is 21.4 Å². The lowest BCUT2D eigenvalue weighted by Gasteiger charge is -2.12. The number of benzene rings is 1. The highest BCUT2D eigenvalue weighted by molar-refractivity contribution is 7.18. The molecule has 0 atom stereocenters. The number of rotatable bonds is 4. The van der Waals surface area contributed by atoms with E-state index in [1.807, 2.05) is 19.9 Å². The van der Waals surface area contributed by atoms with Gasteiger partial charge in [0.1, 0.15) is 0 Å². The van der Waals surface area contributed by atoms with Gasteiger partial charge in [0.2, 0.25) is 0 Å². The van der Waals surface area contributed by atoms with E-state index < -0.39 is 5.91 Å². The molecule has 3 rings (SSSR count). The molecular weight excluding hydrogens is 372 g/mol. The molecule has 1 N–H and O–H groups in total. The maximum absolute atomic E-state index is 12.7. The number of nitrogens with zero attached hydrogens (tertiary/aromatic N) is 3. The lowest BCUT2D eigenvalue weighted by molar-refractivity contribution is 0.0949. The zero-order chi connectivity index (χ0) is 18.8. The maximum atomic E-state index is 12.7. The van der Waals surface area contributed by atoms with Crippen LogP contribution in [0.4, 0.5) is 0 Å². The second kappa shape index (κ2) is 7.39. The lowest BCUT2D eigenvalue weighted by atomic mass is 10.1. The highest BCUT2D eigenvalue weighted by Gasteiger charge is 2.17. The van der Waals surface area contributed by atoms with Crippen molar-refractivity contribution in [1.29, 1.82) is 0 Å². The van der Waals surface area contributed by atoms with Gasteiger partial charge in [0, 0.05) is 5.39 Å². The van der Waals surface area contributed by atoms with Crippen molar-refractivity contribution in [2.75, 3.05) is 0 Å². The third-order valence-corrected chi connectivity index (χ3v) is 5.13. The molecule has 0 aliphatic carbocycles. The standard InChI is InChI=1S/C18H17ClN4O2S/c1-10(2)23-18(25)13-7-5-4-6-12(13)16(22-23)17(24)21-20-11(3)14-8-9-15(19)26-14/h4-10H,1-3H3,(H,21,24)/b20-11-. The van der Waals surface area contributed by atoms with Crippen molar-refractivity contribution < 1.29 is 4.79 Å². The van der Waals surface area contributed by atoms with Gasteiger partial charge in [-0.05, 0) is 39.0 Å². The first-order valence-corrected chi connectivity index (χ1v) is 9.20. The third kappa shape index (κ3) is 3.54. The zero-order valence-corrected chi connectivity index (χ0v) is 16.1. The number of carbonyl (C=O) groups is 1. The largest absolute Gasteiger partial charge is 0.292 e. The molecule has 2 heterocycles. The fourth-order valence-corrected chi connectivity index (χ4v) is 3.46. The fraction of sp³-hybridized carbons (Fsp3) is 0.222. The van der Waals surface area contributed by atoms with Crippen molar-refractivity contribution in [3.05, 3.63) is 61.7 Å². The Morgan fingerprint density at radius 3 is 2.54 bits per heavy atom. The predicted molar refractivity (Wildman–Crippen MR) is 105 cm³/mol. The minimum absolute atomic E-state index is 0.162. The SMILES string of the molecule is C/C(=N/NC(=O)c1nn(C(C)C)c(=O)c2ccccc12)c1ccc(Cl)s1. The minimum Gasteiger partial charge on any atom is -0.267 e. The van der Waals surface area contributed by atoms with Crippen molar-refractivity contribution in [2.24, 2.45) is 5.10 Å². The summed E-state index contributed by atoms with van der Waals surface area (Å²) in [7, 11) is 0. The molecule has 0 spiro atoms. The molecule has 0 aliphatic heterocycles. The average molecular weight is 389 g/mol. The quantitative estimate of drug-likeness (QED) is 0.544. The van der Waals surface area contributed by atoms with Crippen molar-refractivity contribution in [1.82, 2.24) is 15.2 Å². The van der Waals surface area contributed by atoms with Gasteiger partial charge in [-0.15, -0.1) is 11.3 Å². The Labute approximate surface area is 159 Å². The summed E-state index contributed by atoms with van der Waals surface area (Å²) in [4.78, 5) is 26.1. The van der Waals surface area contributed by atoms with Gasteiger partial charge in [0.05, 0.1) is 26.4 Å². The smallest absolute Gasteiger partial charge is 0.267 e. The minimum atomic E-state index is -0.474.